The first-order valence-corrected chi connectivity index (χ1v) is 11.9. The standard InChI is InChI=1S/C25H26Cl2N2O2S.HI/c1-4-32-25(28-24-14-9-20(26)15-23(24)27)29(16-18-5-10-21(30-2)11-6-18)17-19-7-12-22(31-3)13-8-19;/h5-15H,4,16-17H2,1-3H3;1H. The average molecular weight is 617 g/mol. The Bertz CT molecular complexity index is 998. The van der Waals surface area contributed by atoms with E-state index in [1.807, 2.05) is 30.3 Å². The van der Waals surface area contributed by atoms with Gasteiger partial charge in [-0.15, -0.1) is 24.0 Å². The SMILES string of the molecule is CCSC(=Nc1ccc(Cl)cc1Cl)N(Cc1ccc(OC)cc1)Cc1ccc(OC)cc1.I. The van der Waals surface area contributed by atoms with Crippen LogP contribution in [0.25, 0.3) is 0 Å². The van der Waals surface area contributed by atoms with Crippen molar-refractivity contribution >= 4 is 69.8 Å². The molecule has 8 heteroatoms. The second-order valence-corrected chi connectivity index (χ2v) is 9.05. The van der Waals surface area contributed by atoms with Gasteiger partial charge in [-0.1, -0.05) is 66.2 Å². The summed E-state index contributed by atoms with van der Waals surface area (Å²) in [6.45, 7) is 3.49. The Hall–Kier alpha value is -1.61. The van der Waals surface area contributed by atoms with Crippen molar-refractivity contribution in [1.29, 1.82) is 0 Å². The number of thioether (sulfide) groups is 1. The van der Waals surface area contributed by atoms with Gasteiger partial charge in [0.05, 0.1) is 24.9 Å². The van der Waals surface area contributed by atoms with Crippen LogP contribution in [-0.2, 0) is 13.1 Å². The van der Waals surface area contributed by atoms with Crippen LogP contribution in [0.4, 0.5) is 5.69 Å². The van der Waals surface area contributed by atoms with Gasteiger partial charge in [0.15, 0.2) is 5.17 Å². The third-order valence-electron chi connectivity index (χ3n) is 4.73. The van der Waals surface area contributed by atoms with Crippen molar-refractivity contribution in [1.82, 2.24) is 4.90 Å². The molecule has 0 unspecified atom stereocenters. The lowest BCUT2D eigenvalue weighted by Crippen LogP contribution is -2.28. The molecule has 0 aliphatic heterocycles. The third-order valence-corrected chi connectivity index (χ3v) is 6.17. The van der Waals surface area contributed by atoms with E-state index in [0.717, 1.165) is 33.5 Å². The highest BCUT2D eigenvalue weighted by Gasteiger charge is 2.15. The monoisotopic (exact) mass is 616 g/mol. The van der Waals surface area contributed by atoms with E-state index < -0.39 is 0 Å². The van der Waals surface area contributed by atoms with Crippen LogP contribution in [0.5, 0.6) is 11.5 Å². The number of nitrogens with zero attached hydrogens (tertiary/aromatic N) is 2. The quantitative estimate of drug-likeness (QED) is 0.146. The van der Waals surface area contributed by atoms with E-state index in [-0.39, 0.29) is 24.0 Å². The van der Waals surface area contributed by atoms with Gasteiger partial charge in [-0.25, -0.2) is 4.99 Å². The zero-order chi connectivity index (χ0) is 22.9. The number of methoxy groups -OCH3 is 2. The number of aliphatic imine (C=N–C) groups is 1. The van der Waals surface area contributed by atoms with Crippen molar-refractivity contribution in [2.75, 3.05) is 20.0 Å². The minimum absolute atomic E-state index is 0. The maximum absolute atomic E-state index is 6.42. The topological polar surface area (TPSA) is 34.1 Å². The van der Waals surface area contributed by atoms with Gasteiger partial charge < -0.3 is 14.4 Å². The van der Waals surface area contributed by atoms with E-state index in [1.165, 1.54) is 0 Å². The number of halogens is 3. The maximum Gasteiger partial charge on any atom is 0.165 e. The molecule has 3 aromatic carbocycles. The normalized spacial score (nSPS) is 11.0. The molecule has 0 aliphatic rings. The Kier molecular flexibility index (Phi) is 11.7. The van der Waals surface area contributed by atoms with Crippen LogP contribution in [0.2, 0.25) is 10.0 Å². The van der Waals surface area contributed by atoms with Crippen molar-refractivity contribution in [3.05, 3.63) is 87.9 Å². The Labute approximate surface area is 227 Å². The summed E-state index contributed by atoms with van der Waals surface area (Å²) in [4.78, 5) is 7.17. The largest absolute Gasteiger partial charge is 0.497 e. The molecule has 0 heterocycles. The third kappa shape index (κ3) is 8.28. The van der Waals surface area contributed by atoms with Crippen molar-refractivity contribution in [3.8, 4) is 11.5 Å². The van der Waals surface area contributed by atoms with E-state index in [1.54, 1.807) is 38.1 Å². The molecule has 0 saturated heterocycles. The molecule has 176 valence electrons. The van der Waals surface area contributed by atoms with Crippen LogP contribution >= 0.6 is 58.9 Å². The first-order valence-electron chi connectivity index (χ1n) is 10.2. The molecule has 0 aromatic heterocycles. The molecule has 33 heavy (non-hydrogen) atoms. The lowest BCUT2D eigenvalue weighted by atomic mass is 10.1. The van der Waals surface area contributed by atoms with Gasteiger partial charge in [0.2, 0.25) is 0 Å². The summed E-state index contributed by atoms with van der Waals surface area (Å²) in [5.41, 5.74) is 3.01. The fourth-order valence-corrected chi connectivity index (χ4v) is 4.28. The van der Waals surface area contributed by atoms with Gasteiger partial charge in [0.1, 0.15) is 11.5 Å². The summed E-state index contributed by atoms with van der Waals surface area (Å²) < 4.78 is 10.6. The molecule has 0 radical (unpaired) electrons. The summed E-state index contributed by atoms with van der Waals surface area (Å²) >= 11 is 14.2. The van der Waals surface area contributed by atoms with E-state index >= 15 is 0 Å². The highest BCUT2D eigenvalue weighted by Crippen LogP contribution is 2.30. The molecule has 4 nitrogen and oxygen atoms in total. The van der Waals surface area contributed by atoms with Gasteiger partial charge in [0, 0.05) is 18.1 Å². The molecule has 0 fully saturated rings. The molecular weight excluding hydrogens is 590 g/mol. The van der Waals surface area contributed by atoms with Gasteiger partial charge in [-0.3, -0.25) is 0 Å². The summed E-state index contributed by atoms with van der Waals surface area (Å²) in [5, 5.41) is 2.01. The fraction of sp³-hybridized carbons (Fsp3) is 0.240. The van der Waals surface area contributed by atoms with Gasteiger partial charge in [-0.05, 0) is 59.3 Å². The lowest BCUT2D eigenvalue weighted by Gasteiger charge is -2.26. The molecule has 3 rings (SSSR count). The summed E-state index contributed by atoms with van der Waals surface area (Å²) in [6.07, 6.45) is 0. The average Bonchev–Trinajstić information content (AvgIpc) is 2.81. The minimum atomic E-state index is 0. The number of amidine groups is 1. The second kappa shape index (κ2) is 13.9. The fourth-order valence-electron chi connectivity index (χ4n) is 3.09. The smallest absolute Gasteiger partial charge is 0.165 e. The zero-order valence-corrected chi connectivity index (χ0v) is 23.4. The minimum Gasteiger partial charge on any atom is -0.497 e. The van der Waals surface area contributed by atoms with Crippen LogP contribution in [-0.4, -0.2) is 30.0 Å². The number of rotatable bonds is 8. The number of hydrogen-bond acceptors (Lipinski definition) is 4. The van der Waals surface area contributed by atoms with Crippen molar-refractivity contribution < 1.29 is 9.47 Å². The highest BCUT2D eigenvalue weighted by atomic mass is 127. The molecule has 0 atom stereocenters. The summed E-state index contributed by atoms with van der Waals surface area (Å²) in [5.74, 6) is 2.55. The zero-order valence-electron chi connectivity index (χ0n) is 18.8. The molecule has 0 bridgehead atoms. The maximum atomic E-state index is 6.42. The Balaban J connectivity index is 0.00000385. The second-order valence-electron chi connectivity index (χ2n) is 6.98. The van der Waals surface area contributed by atoms with Crippen LogP contribution in [0.15, 0.2) is 71.7 Å². The molecule has 0 saturated carbocycles. The number of benzene rings is 3. The number of ether oxygens (including phenoxy) is 2. The summed E-state index contributed by atoms with van der Waals surface area (Å²) in [7, 11) is 3.34. The Morgan fingerprint density at radius 2 is 1.36 bits per heavy atom. The molecule has 0 aliphatic carbocycles. The summed E-state index contributed by atoms with van der Waals surface area (Å²) in [6, 6.07) is 21.5. The molecule has 0 spiro atoms. The molecule has 3 aromatic rings. The van der Waals surface area contributed by atoms with E-state index in [4.69, 9.17) is 37.7 Å². The van der Waals surface area contributed by atoms with Crippen LogP contribution in [0.3, 0.4) is 0 Å². The van der Waals surface area contributed by atoms with Crippen LogP contribution < -0.4 is 9.47 Å². The Morgan fingerprint density at radius 3 is 1.79 bits per heavy atom. The van der Waals surface area contributed by atoms with Gasteiger partial charge in [0.25, 0.3) is 0 Å². The van der Waals surface area contributed by atoms with Crippen molar-refractivity contribution in [2.45, 2.75) is 20.0 Å². The van der Waals surface area contributed by atoms with Crippen molar-refractivity contribution in [2.24, 2.45) is 4.99 Å². The molecule has 0 N–H and O–H groups in total. The van der Waals surface area contributed by atoms with Gasteiger partial charge >= 0.3 is 0 Å². The van der Waals surface area contributed by atoms with E-state index in [2.05, 4.69) is 36.1 Å². The number of hydrogen-bond donors (Lipinski definition) is 0. The Morgan fingerprint density at radius 1 is 0.848 bits per heavy atom. The lowest BCUT2D eigenvalue weighted by molar-refractivity contribution is 0.405. The van der Waals surface area contributed by atoms with E-state index in [0.29, 0.717) is 28.8 Å². The van der Waals surface area contributed by atoms with Crippen LogP contribution in [0, 0.1) is 0 Å². The molecule has 0 amide bonds. The first kappa shape index (κ1) is 27.6. The van der Waals surface area contributed by atoms with Gasteiger partial charge in [-0.2, -0.15) is 0 Å². The van der Waals surface area contributed by atoms with Crippen LogP contribution in [0.1, 0.15) is 18.1 Å². The predicted octanol–water partition coefficient (Wildman–Crippen LogP) is 8.07. The molecular formula is C25H27Cl2IN2O2S. The van der Waals surface area contributed by atoms with Crippen molar-refractivity contribution in [3.63, 3.8) is 0 Å². The first-order chi connectivity index (χ1) is 15.5. The van der Waals surface area contributed by atoms with E-state index in [9.17, 15) is 0 Å². The highest BCUT2D eigenvalue weighted by molar-refractivity contribution is 14.0. The predicted molar refractivity (Wildman–Crippen MR) is 152 cm³/mol.